The second-order valence-corrected chi connectivity index (χ2v) is 6.79. The number of aromatic hydroxyl groups is 1. The highest BCUT2D eigenvalue weighted by Crippen LogP contribution is 2.32. The van der Waals surface area contributed by atoms with E-state index in [1.54, 1.807) is 6.07 Å². The third kappa shape index (κ3) is 5.70. The summed E-state index contributed by atoms with van der Waals surface area (Å²) in [6, 6.07) is 4.93. The molecule has 0 aliphatic rings. The van der Waals surface area contributed by atoms with E-state index in [1.165, 1.54) is 51.0 Å². The van der Waals surface area contributed by atoms with Gasteiger partial charge in [-0.1, -0.05) is 71.8 Å². The van der Waals surface area contributed by atoms with Crippen molar-refractivity contribution in [1.29, 1.82) is 0 Å². The Balaban J connectivity index is 2.48. The zero-order valence-corrected chi connectivity index (χ0v) is 14.2. The number of carboxylic acids is 1. The number of phenols is 1. The van der Waals surface area contributed by atoms with E-state index in [0.29, 0.717) is 0 Å². The molecule has 0 aromatic heterocycles. The van der Waals surface area contributed by atoms with Crippen LogP contribution in [0, 0.1) is 0 Å². The highest BCUT2D eigenvalue weighted by atomic mass is 16.4. The van der Waals surface area contributed by atoms with Gasteiger partial charge < -0.3 is 10.2 Å². The summed E-state index contributed by atoms with van der Waals surface area (Å²) in [7, 11) is 0. The topological polar surface area (TPSA) is 57.5 Å². The average molecular weight is 306 g/mol. The molecule has 2 N–H and O–H groups in total. The van der Waals surface area contributed by atoms with Gasteiger partial charge in [-0.25, -0.2) is 4.79 Å². The van der Waals surface area contributed by atoms with E-state index < -0.39 is 5.97 Å². The van der Waals surface area contributed by atoms with E-state index in [4.69, 9.17) is 5.11 Å². The summed E-state index contributed by atoms with van der Waals surface area (Å²) in [6.07, 6.45) is 10.0. The van der Waals surface area contributed by atoms with Crippen LogP contribution in [0.5, 0.6) is 5.75 Å². The fraction of sp³-hybridized carbons (Fsp3) is 0.632. The molecule has 0 fully saturated rings. The maximum Gasteiger partial charge on any atom is 0.339 e. The van der Waals surface area contributed by atoms with Gasteiger partial charge >= 0.3 is 5.97 Å². The maximum absolute atomic E-state index is 10.9. The number of carbonyl (C=O) groups is 1. The van der Waals surface area contributed by atoms with Gasteiger partial charge in [0.15, 0.2) is 0 Å². The Bertz CT molecular complexity index is 478. The number of carboxylic acid groups (broad SMARTS) is 1. The summed E-state index contributed by atoms with van der Waals surface area (Å²) < 4.78 is 0. The Morgan fingerprint density at radius 2 is 1.64 bits per heavy atom. The van der Waals surface area contributed by atoms with Gasteiger partial charge in [0.05, 0.1) is 0 Å². The molecule has 3 nitrogen and oxygen atoms in total. The van der Waals surface area contributed by atoms with Crippen LogP contribution in [-0.4, -0.2) is 16.2 Å². The van der Waals surface area contributed by atoms with Crippen LogP contribution in [0.15, 0.2) is 18.2 Å². The van der Waals surface area contributed by atoms with Gasteiger partial charge in [0.2, 0.25) is 0 Å². The largest absolute Gasteiger partial charge is 0.507 e. The number of benzene rings is 1. The van der Waals surface area contributed by atoms with Gasteiger partial charge in [-0.2, -0.15) is 0 Å². The molecular weight excluding hydrogens is 276 g/mol. The molecule has 0 unspecified atom stereocenters. The standard InChI is InChI=1S/C19H30O3/c1-4-5-6-7-8-9-10-13-19(2,3)15-11-12-16(18(21)22)17(20)14-15/h11-12,14,20H,4-10,13H2,1-3H3,(H,21,22). The zero-order valence-electron chi connectivity index (χ0n) is 14.2. The minimum absolute atomic E-state index is 0.0320. The van der Waals surface area contributed by atoms with Crippen LogP contribution >= 0.6 is 0 Å². The van der Waals surface area contributed by atoms with E-state index in [9.17, 15) is 9.90 Å². The van der Waals surface area contributed by atoms with Gasteiger partial charge in [-0.3, -0.25) is 0 Å². The predicted octanol–water partition coefficient (Wildman–Crippen LogP) is 5.51. The summed E-state index contributed by atoms with van der Waals surface area (Å²) in [5.41, 5.74) is 0.925. The van der Waals surface area contributed by atoms with Crippen molar-refractivity contribution in [2.24, 2.45) is 0 Å². The highest BCUT2D eigenvalue weighted by molar-refractivity contribution is 5.90. The Hall–Kier alpha value is -1.51. The second kappa shape index (κ2) is 8.82. The lowest BCUT2D eigenvalue weighted by Crippen LogP contribution is -2.17. The maximum atomic E-state index is 10.9. The fourth-order valence-corrected chi connectivity index (χ4v) is 2.80. The van der Waals surface area contributed by atoms with Crippen LogP contribution in [0.1, 0.15) is 88.1 Å². The van der Waals surface area contributed by atoms with Crippen LogP contribution in [0.3, 0.4) is 0 Å². The molecule has 0 bridgehead atoms. The number of unbranched alkanes of at least 4 members (excludes halogenated alkanes) is 6. The van der Waals surface area contributed by atoms with E-state index in [-0.39, 0.29) is 16.7 Å². The Kier molecular flexibility index (Phi) is 7.43. The van der Waals surface area contributed by atoms with Crippen LogP contribution in [-0.2, 0) is 5.41 Å². The molecule has 1 rings (SSSR count). The third-order valence-corrected chi connectivity index (χ3v) is 4.41. The molecule has 0 aliphatic heterocycles. The normalized spacial score (nSPS) is 11.6. The lowest BCUT2D eigenvalue weighted by molar-refractivity contribution is 0.0693. The van der Waals surface area contributed by atoms with Crippen molar-refractivity contribution in [2.45, 2.75) is 77.6 Å². The van der Waals surface area contributed by atoms with E-state index in [1.807, 2.05) is 6.07 Å². The smallest absolute Gasteiger partial charge is 0.339 e. The summed E-state index contributed by atoms with van der Waals surface area (Å²) in [6.45, 7) is 6.53. The molecule has 0 spiro atoms. The second-order valence-electron chi connectivity index (χ2n) is 6.79. The van der Waals surface area contributed by atoms with Crippen LogP contribution in [0.2, 0.25) is 0 Å². The van der Waals surface area contributed by atoms with Gasteiger partial charge in [-0.05, 0) is 29.5 Å². The summed E-state index contributed by atoms with van der Waals surface area (Å²) in [5.74, 6) is -1.23. The first-order valence-corrected chi connectivity index (χ1v) is 8.45. The summed E-state index contributed by atoms with van der Waals surface area (Å²) in [5, 5.41) is 18.8. The molecule has 0 amide bonds. The van der Waals surface area contributed by atoms with Crippen LogP contribution in [0.4, 0.5) is 0 Å². The minimum Gasteiger partial charge on any atom is -0.507 e. The van der Waals surface area contributed by atoms with Crippen LogP contribution < -0.4 is 0 Å². The molecule has 0 atom stereocenters. The molecule has 0 heterocycles. The van der Waals surface area contributed by atoms with Crippen molar-refractivity contribution >= 4 is 5.97 Å². The van der Waals surface area contributed by atoms with E-state index >= 15 is 0 Å². The number of aromatic carboxylic acids is 1. The molecule has 3 heteroatoms. The van der Waals surface area contributed by atoms with Gasteiger partial charge in [0, 0.05) is 0 Å². The molecule has 0 radical (unpaired) electrons. The average Bonchev–Trinajstić information content (AvgIpc) is 2.45. The quantitative estimate of drug-likeness (QED) is 0.560. The monoisotopic (exact) mass is 306 g/mol. The first kappa shape index (κ1) is 18.5. The number of hydrogen-bond donors (Lipinski definition) is 2. The van der Waals surface area contributed by atoms with Gasteiger partial charge in [-0.15, -0.1) is 0 Å². The highest BCUT2D eigenvalue weighted by Gasteiger charge is 2.22. The van der Waals surface area contributed by atoms with Gasteiger partial charge in [0.25, 0.3) is 0 Å². The molecule has 0 saturated carbocycles. The molecule has 124 valence electrons. The van der Waals surface area contributed by atoms with Crippen LogP contribution in [0.25, 0.3) is 0 Å². The number of rotatable bonds is 10. The summed E-state index contributed by atoms with van der Waals surface area (Å²) >= 11 is 0. The lowest BCUT2D eigenvalue weighted by Gasteiger charge is -2.25. The third-order valence-electron chi connectivity index (χ3n) is 4.41. The molecule has 22 heavy (non-hydrogen) atoms. The van der Waals surface area contributed by atoms with E-state index in [2.05, 4.69) is 20.8 Å². The molecule has 1 aromatic rings. The SMILES string of the molecule is CCCCCCCCCC(C)(C)c1ccc(C(=O)O)c(O)c1. The first-order valence-electron chi connectivity index (χ1n) is 8.45. The Labute approximate surface area is 134 Å². The van der Waals surface area contributed by atoms with Crippen molar-refractivity contribution in [2.75, 3.05) is 0 Å². The van der Waals surface area contributed by atoms with Crippen molar-refractivity contribution in [3.8, 4) is 5.75 Å². The molecule has 0 saturated heterocycles. The van der Waals surface area contributed by atoms with Gasteiger partial charge in [0.1, 0.15) is 11.3 Å². The first-order chi connectivity index (χ1) is 10.4. The Morgan fingerprint density at radius 3 is 2.18 bits per heavy atom. The zero-order chi connectivity index (χ0) is 16.6. The van der Waals surface area contributed by atoms with Crippen molar-refractivity contribution in [3.05, 3.63) is 29.3 Å². The molecular formula is C19H30O3. The van der Waals surface area contributed by atoms with Crippen molar-refractivity contribution in [1.82, 2.24) is 0 Å². The summed E-state index contributed by atoms with van der Waals surface area (Å²) in [4.78, 5) is 10.9. The lowest BCUT2D eigenvalue weighted by atomic mass is 9.79. The van der Waals surface area contributed by atoms with E-state index in [0.717, 1.165) is 12.0 Å². The van der Waals surface area contributed by atoms with Crippen molar-refractivity contribution < 1.29 is 15.0 Å². The number of hydrogen-bond acceptors (Lipinski definition) is 2. The minimum atomic E-state index is -1.09. The molecule has 0 aliphatic carbocycles. The fourth-order valence-electron chi connectivity index (χ4n) is 2.80. The Morgan fingerprint density at radius 1 is 1.05 bits per heavy atom. The predicted molar refractivity (Wildman–Crippen MR) is 90.7 cm³/mol. The molecule has 1 aromatic carbocycles. The van der Waals surface area contributed by atoms with Crippen molar-refractivity contribution in [3.63, 3.8) is 0 Å².